The van der Waals surface area contributed by atoms with Crippen molar-refractivity contribution in [2.24, 2.45) is 0 Å². The van der Waals surface area contributed by atoms with Crippen LogP contribution in [-0.2, 0) is 16.0 Å². The van der Waals surface area contributed by atoms with Crippen LogP contribution in [0.3, 0.4) is 0 Å². The van der Waals surface area contributed by atoms with E-state index in [0.29, 0.717) is 19.4 Å². The van der Waals surface area contributed by atoms with E-state index in [-0.39, 0.29) is 11.8 Å². The Morgan fingerprint density at radius 3 is 2.75 bits per heavy atom. The minimum absolute atomic E-state index is 0.0188. The zero-order valence-corrected chi connectivity index (χ0v) is 14.6. The topological polar surface area (TPSA) is 62.3 Å². The quantitative estimate of drug-likeness (QED) is 0.839. The van der Waals surface area contributed by atoms with Crippen molar-refractivity contribution in [2.75, 3.05) is 19.6 Å². The fraction of sp³-hybridized carbons (Fsp3) is 0.500. The van der Waals surface area contributed by atoms with E-state index in [0.717, 1.165) is 49.3 Å². The summed E-state index contributed by atoms with van der Waals surface area (Å²) in [7, 11) is 0. The van der Waals surface area contributed by atoms with E-state index in [1.807, 2.05) is 23.1 Å². The van der Waals surface area contributed by atoms with Crippen LogP contribution in [0, 0.1) is 0 Å². The van der Waals surface area contributed by atoms with Crippen molar-refractivity contribution in [1.29, 1.82) is 0 Å². The number of nitrogens with one attached hydrogen (secondary N) is 1. The number of para-hydroxylation sites is 1. The van der Waals surface area contributed by atoms with Crippen LogP contribution in [0.25, 0.3) is 10.2 Å². The number of nitrogens with zero attached hydrogens (tertiary/aromatic N) is 2. The van der Waals surface area contributed by atoms with Gasteiger partial charge in [-0.1, -0.05) is 12.1 Å². The van der Waals surface area contributed by atoms with Crippen molar-refractivity contribution in [3.63, 3.8) is 0 Å². The van der Waals surface area contributed by atoms with Crippen LogP contribution < -0.4 is 5.32 Å². The third-order valence-corrected chi connectivity index (χ3v) is 5.35. The molecular weight excluding hydrogens is 322 g/mol. The molecule has 3 rings (SSSR count). The fourth-order valence-electron chi connectivity index (χ4n) is 2.95. The van der Waals surface area contributed by atoms with Gasteiger partial charge in [-0.05, 0) is 37.8 Å². The number of aromatic nitrogens is 1. The number of rotatable bonds is 7. The standard InChI is InChI=1S/C18H23N3O2S/c22-16(19-11-10-18(23)21-12-3-4-13-21)8-5-9-17-20-14-6-1-2-7-15(14)24-17/h1-2,6-7H,3-5,8-13H2,(H,19,22). The van der Waals surface area contributed by atoms with Crippen LogP contribution >= 0.6 is 11.3 Å². The molecule has 2 heterocycles. The first kappa shape index (κ1) is 16.9. The Morgan fingerprint density at radius 1 is 1.17 bits per heavy atom. The van der Waals surface area contributed by atoms with Gasteiger partial charge in [0.15, 0.2) is 0 Å². The van der Waals surface area contributed by atoms with Crippen molar-refractivity contribution in [2.45, 2.75) is 38.5 Å². The summed E-state index contributed by atoms with van der Waals surface area (Å²) in [6.07, 6.45) is 4.69. The number of benzene rings is 1. The van der Waals surface area contributed by atoms with Gasteiger partial charge in [0.25, 0.3) is 0 Å². The molecule has 2 aromatic rings. The summed E-state index contributed by atoms with van der Waals surface area (Å²) in [6.45, 7) is 2.18. The molecule has 6 heteroatoms. The Kier molecular flexibility index (Phi) is 5.80. The number of fused-ring (bicyclic) bond motifs is 1. The minimum Gasteiger partial charge on any atom is -0.356 e. The molecule has 0 spiro atoms. The lowest BCUT2D eigenvalue weighted by molar-refractivity contribution is -0.130. The maximum Gasteiger partial charge on any atom is 0.224 e. The normalized spacial score (nSPS) is 14.2. The molecule has 0 bridgehead atoms. The summed E-state index contributed by atoms with van der Waals surface area (Å²) in [5.41, 5.74) is 1.03. The molecule has 1 aliphatic rings. The van der Waals surface area contributed by atoms with Crippen LogP contribution in [0.5, 0.6) is 0 Å². The summed E-state index contributed by atoms with van der Waals surface area (Å²) in [5, 5.41) is 3.92. The number of amides is 2. The molecule has 1 aliphatic heterocycles. The van der Waals surface area contributed by atoms with E-state index in [1.54, 1.807) is 11.3 Å². The second-order valence-electron chi connectivity index (χ2n) is 6.12. The average molecular weight is 345 g/mol. The van der Waals surface area contributed by atoms with Crippen LogP contribution in [0.15, 0.2) is 24.3 Å². The van der Waals surface area contributed by atoms with Crippen molar-refractivity contribution in [3.8, 4) is 0 Å². The number of hydrogen-bond donors (Lipinski definition) is 1. The zero-order valence-electron chi connectivity index (χ0n) is 13.8. The first-order valence-electron chi connectivity index (χ1n) is 8.61. The molecule has 2 amide bonds. The lowest BCUT2D eigenvalue weighted by Crippen LogP contribution is -2.32. The number of aryl methyl sites for hydroxylation is 1. The predicted molar refractivity (Wildman–Crippen MR) is 96.0 cm³/mol. The average Bonchev–Trinajstić information content (AvgIpc) is 3.24. The van der Waals surface area contributed by atoms with Gasteiger partial charge in [-0.3, -0.25) is 9.59 Å². The Labute approximate surface area is 146 Å². The molecule has 0 radical (unpaired) electrons. The zero-order chi connectivity index (χ0) is 16.8. The Morgan fingerprint density at radius 2 is 1.96 bits per heavy atom. The van der Waals surface area contributed by atoms with E-state index in [1.165, 1.54) is 4.70 Å². The van der Waals surface area contributed by atoms with Crippen LogP contribution in [-0.4, -0.2) is 41.3 Å². The molecule has 1 saturated heterocycles. The smallest absolute Gasteiger partial charge is 0.224 e. The van der Waals surface area contributed by atoms with Crippen LogP contribution in [0.2, 0.25) is 0 Å². The molecule has 1 fully saturated rings. The minimum atomic E-state index is 0.0188. The predicted octanol–water partition coefficient (Wildman–Crippen LogP) is 2.75. The van der Waals surface area contributed by atoms with Gasteiger partial charge < -0.3 is 10.2 Å². The van der Waals surface area contributed by atoms with Gasteiger partial charge in [0, 0.05) is 32.5 Å². The summed E-state index contributed by atoms with van der Waals surface area (Å²) in [5.74, 6) is 0.174. The van der Waals surface area contributed by atoms with Gasteiger partial charge in [0.05, 0.1) is 15.2 Å². The number of likely N-dealkylation sites (tertiary alicyclic amines) is 1. The summed E-state index contributed by atoms with van der Waals surface area (Å²) < 4.78 is 1.19. The van der Waals surface area contributed by atoms with E-state index < -0.39 is 0 Å². The molecule has 1 N–H and O–H groups in total. The molecule has 0 unspecified atom stereocenters. The van der Waals surface area contributed by atoms with Crippen molar-refractivity contribution < 1.29 is 9.59 Å². The van der Waals surface area contributed by atoms with Gasteiger partial charge in [-0.25, -0.2) is 4.98 Å². The molecule has 0 saturated carbocycles. The molecule has 24 heavy (non-hydrogen) atoms. The monoisotopic (exact) mass is 345 g/mol. The molecule has 5 nitrogen and oxygen atoms in total. The molecular formula is C18H23N3O2S. The van der Waals surface area contributed by atoms with Gasteiger partial charge in [-0.15, -0.1) is 11.3 Å². The lowest BCUT2D eigenvalue weighted by Gasteiger charge is -2.15. The second kappa shape index (κ2) is 8.24. The van der Waals surface area contributed by atoms with E-state index in [4.69, 9.17) is 0 Å². The number of carbonyl (C=O) groups excluding carboxylic acids is 2. The fourth-order valence-corrected chi connectivity index (χ4v) is 3.96. The molecule has 128 valence electrons. The maximum atomic E-state index is 11.9. The van der Waals surface area contributed by atoms with E-state index >= 15 is 0 Å². The maximum absolute atomic E-state index is 11.9. The molecule has 0 atom stereocenters. The van der Waals surface area contributed by atoms with E-state index in [2.05, 4.69) is 16.4 Å². The third kappa shape index (κ3) is 4.54. The second-order valence-corrected chi connectivity index (χ2v) is 7.23. The SMILES string of the molecule is O=C(CCCc1nc2ccccc2s1)NCCC(=O)N1CCCC1. The lowest BCUT2D eigenvalue weighted by atomic mass is 10.2. The Bertz CT molecular complexity index is 674. The van der Waals surface area contributed by atoms with Crippen molar-refractivity contribution in [1.82, 2.24) is 15.2 Å². The van der Waals surface area contributed by atoms with E-state index in [9.17, 15) is 9.59 Å². The van der Waals surface area contributed by atoms with Gasteiger partial charge in [0.2, 0.25) is 11.8 Å². The van der Waals surface area contributed by atoms with Gasteiger partial charge in [0.1, 0.15) is 0 Å². The van der Waals surface area contributed by atoms with Crippen LogP contribution in [0.1, 0.15) is 37.1 Å². The number of carbonyl (C=O) groups is 2. The van der Waals surface area contributed by atoms with Gasteiger partial charge in [-0.2, -0.15) is 0 Å². The summed E-state index contributed by atoms with van der Waals surface area (Å²) in [4.78, 5) is 30.2. The molecule has 1 aromatic heterocycles. The first-order valence-corrected chi connectivity index (χ1v) is 9.43. The number of hydrogen-bond acceptors (Lipinski definition) is 4. The highest BCUT2D eigenvalue weighted by atomic mass is 32.1. The number of thiazole rings is 1. The summed E-state index contributed by atoms with van der Waals surface area (Å²) >= 11 is 1.69. The Balaban J connectivity index is 1.32. The third-order valence-electron chi connectivity index (χ3n) is 4.25. The van der Waals surface area contributed by atoms with Crippen molar-refractivity contribution >= 4 is 33.4 Å². The first-order chi connectivity index (χ1) is 11.7. The highest BCUT2D eigenvalue weighted by Crippen LogP contribution is 2.22. The molecule has 1 aromatic carbocycles. The molecule has 0 aliphatic carbocycles. The van der Waals surface area contributed by atoms with Gasteiger partial charge >= 0.3 is 0 Å². The van der Waals surface area contributed by atoms with Crippen LogP contribution in [0.4, 0.5) is 0 Å². The highest BCUT2D eigenvalue weighted by molar-refractivity contribution is 7.18. The highest BCUT2D eigenvalue weighted by Gasteiger charge is 2.17. The largest absolute Gasteiger partial charge is 0.356 e. The van der Waals surface area contributed by atoms with Crippen molar-refractivity contribution in [3.05, 3.63) is 29.3 Å². The summed E-state index contributed by atoms with van der Waals surface area (Å²) in [6, 6.07) is 8.09. The Hall–Kier alpha value is -1.95.